The van der Waals surface area contributed by atoms with Crippen LogP contribution in [0.25, 0.3) is 10.2 Å². The summed E-state index contributed by atoms with van der Waals surface area (Å²) in [5.41, 5.74) is 2.45. The first-order chi connectivity index (χ1) is 12.0. The number of aromatic amines is 1. The fraction of sp³-hybridized carbons (Fsp3) is 0.278. The van der Waals surface area contributed by atoms with Gasteiger partial charge in [-0.1, -0.05) is 18.2 Å². The van der Waals surface area contributed by atoms with Gasteiger partial charge >= 0.3 is 0 Å². The summed E-state index contributed by atoms with van der Waals surface area (Å²) in [6.07, 6.45) is 0. The molecule has 1 amide bonds. The molecule has 3 aromatic rings. The number of ether oxygens (including phenoxy) is 1. The van der Waals surface area contributed by atoms with Gasteiger partial charge in [0.15, 0.2) is 6.61 Å². The van der Waals surface area contributed by atoms with Crippen LogP contribution in [0.15, 0.2) is 34.4 Å². The molecule has 0 aliphatic heterocycles. The zero-order chi connectivity index (χ0) is 18.0. The minimum Gasteiger partial charge on any atom is -0.483 e. The normalized spacial score (nSPS) is 10.8. The van der Waals surface area contributed by atoms with Crippen molar-refractivity contribution >= 4 is 27.5 Å². The molecule has 2 heterocycles. The number of hydrogen-bond donors (Lipinski definition) is 1. The van der Waals surface area contributed by atoms with Crippen LogP contribution in [0.3, 0.4) is 0 Å². The van der Waals surface area contributed by atoms with Gasteiger partial charge in [-0.25, -0.2) is 4.98 Å². The first kappa shape index (κ1) is 17.2. The van der Waals surface area contributed by atoms with Gasteiger partial charge in [0, 0.05) is 7.05 Å². The molecule has 7 heteroatoms. The predicted molar refractivity (Wildman–Crippen MR) is 98.1 cm³/mol. The summed E-state index contributed by atoms with van der Waals surface area (Å²) >= 11 is 1.35. The highest BCUT2D eigenvalue weighted by Gasteiger charge is 2.14. The predicted octanol–water partition coefficient (Wildman–Crippen LogP) is 2.64. The zero-order valence-corrected chi connectivity index (χ0v) is 15.1. The lowest BCUT2D eigenvalue weighted by atomic mass is 10.1. The van der Waals surface area contributed by atoms with Crippen LogP contribution in [0.5, 0.6) is 5.75 Å². The molecule has 1 aromatic carbocycles. The van der Waals surface area contributed by atoms with E-state index in [0.717, 1.165) is 16.9 Å². The van der Waals surface area contributed by atoms with Crippen LogP contribution < -0.4 is 10.3 Å². The van der Waals surface area contributed by atoms with Gasteiger partial charge in [-0.15, -0.1) is 11.3 Å². The molecule has 25 heavy (non-hydrogen) atoms. The highest BCUT2D eigenvalue weighted by atomic mass is 32.1. The van der Waals surface area contributed by atoms with E-state index in [9.17, 15) is 9.59 Å². The number of nitrogens with zero attached hydrogens (tertiary/aromatic N) is 2. The van der Waals surface area contributed by atoms with E-state index in [4.69, 9.17) is 4.74 Å². The summed E-state index contributed by atoms with van der Waals surface area (Å²) in [7, 11) is 1.66. The standard InChI is InChI=1S/C18H19N3O3S/c1-11-5-4-6-12(2)16(11)24-10-15(22)21(3)9-14-19-13-7-8-25-17(13)18(23)20-14/h4-8H,9-10H2,1-3H3,(H,19,20,23). The van der Waals surface area contributed by atoms with Crippen molar-refractivity contribution in [3.05, 3.63) is 57.0 Å². The zero-order valence-electron chi connectivity index (χ0n) is 14.3. The third kappa shape index (κ3) is 3.71. The van der Waals surface area contributed by atoms with Gasteiger partial charge in [-0.3, -0.25) is 9.59 Å². The van der Waals surface area contributed by atoms with E-state index < -0.39 is 0 Å². The van der Waals surface area contributed by atoms with Gasteiger partial charge in [0.1, 0.15) is 16.3 Å². The van der Waals surface area contributed by atoms with Crippen LogP contribution in [0.1, 0.15) is 17.0 Å². The largest absolute Gasteiger partial charge is 0.483 e. The topological polar surface area (TPSA) is 75.3 Å². The summed E-state index contributed by atoms with van der Waals surface area (Å²) < 4.78 is 6.28. The van der Waals surface area contributed by atoms with E-state index in [1.54, 1.807) is 13.1 Å². The van der Waals surface area contributed by atoms with Crippen molar-refractivity contribution in [2.45, 2.75) is 20.4 Å². The molecule has 0 saturated heterocycles. The van der Waals surface area contributed by atoms with Gasteiger partial charge in [0.25, 0.3) is 11.5 Å². The van der Waals surface area contributed by atoms with Crippen molar-refractivity contribution < 1.29 is 9.53 Å². The van der Waals surface area contributed by atoms with E-state index in [1.165, 1.54) is 16.2 Å². The van der Waals surface area contributed by atoms with Crippen LogP contribution >= 0.6 is 11.3 Å². The van der Waals surface area contributed by atoms with E-state index in [-0.39, 0.29) is 24.6 Å². The molecule has 0 aliphatic rings. The van der Waals surface area contributed by atoms with E-state index in [1.807, 2.05) is 37.4 Å². The molecule has 6 nitrogen and oxygen atoms in total. The summed E-state index contributed by atoms with van der Waals surface area (Å²) in [5, 5.41) is 1.82. The number of para-hydroxylation sites is 1. The molecule has 0 spiro atoms. The molecule has 0 unspecified atom stereocenters. The van der Waals surface area contributed by atoms with Crippen LogP contribution in [-0.4, -0.2) is 34.4 Å². The molecule has 0 aliphatic carbocycles. The first-order valence-electron chi connectivity index (χ1n) is 7.85. The molecule has 0 atom stereocenters. The molecule has 130 valence electrons. The van der Waals surface area contributed by atoms with Crippen molar-refractivity contribution in [1.82, 2.24) is 14.9 Å². The Labute approximate surface area is 149 Å². The number of thiophene rings is 1. The number of rotatable bonds is 5. The highest BCUT2D eigenvalue weighted by molar-refractivity contribution is 7.17. The van der Waals surface area contributed by atoms with Gasteiger partial charge in [-0.05, 0) is 36.4 Å². The fourth-order valence-electron chi connectivity index (χ4n) is 2.58. The van der Waals surface area contributed by atoms with Crippen LogP contribution in [0, 0.1) is 13.8 Å². The number of aromatic nitrogens is 2. The molecular weight excluding hydrogens is 338 g/mol. The minimum absolute atomic E-state index is 0.0624. The maximum absolute atomic E-state index is 12.3. The molecule has 0 fully saturated rings. The summed E-state index contributed by atoms with van der Waals surface area (Å²) in [6, 6.07) is 7.64. The Morgan fingerprint density at radius 1 is 1.28 bits per heavy atom. The molecule has 0 saturated carbocycles. The smallest absolute Gasteiger partial charge is 0.268 e. The lowest BCUT2D eigenvalue weighted by Crippen LogP contribution is -2.32. The average molecular weight is 357 g/mol. The number of likely N-dealkylation sites (N-methyl/N-ethyl adjacent to an activating group) is 1. The Hall–Kier alpha value is -2.67. The van der Waals surface area contributed by atoms with Gasteiger partial charge in [0.05, 0.1) is 12.1 Å². The number of hydrogen-bond acceptors (Lipinski definition) is 5. The number of fused-ring (bicyclic) bond motifs is 1. The Balaban J connectivity index is 1.67. The van der Waals surface area contributed by atoms with Crippen molar-refractivity contribution in [2.75, 3.05) is 13.7 Å². The lowest BCUT2D eigenvalue weighted by Gasteiger charge is -2.18. The second kappa shape index (κ2) is 7.06. The van der Waals surface area contributed by atoms with Crippen molar-refractivity contribution in [3.63, 3.8) is 0 Å². The monoisotopic (exact) mass is 357 g/mol. The van der Waals surface area contributed by atoms with Crippen LogP contribution in [0.2, 0.25) is 0 Å². The van der Waals surface area contributed by atoms with Crippen molar-refractivity contribution in [2.24, 2.45) is 0 Å². The minimum atomic E-state index is -0.185. The van der Waals surface area contributed by atoms with Crippen molar-refractivity contribution in [3.8, 4) is 5.75 Å². The molecule has 1 N–H and O–H groups in total. The number of H-pyrrole nitrogens is 1. The summed E-state index contributed by atoms with van der Waals surface area (Å²) in [4.78, 5) is 32.9. The van der Waals surface area contributed by atoms with E-state index in [0.29, 0.717) is 16.0 Å². The van der Waals surface area contributed by atoms with E-state index >= 15 is 0 Å². The summed E-state index contributed by atoms with van der Waals surface area (Å²) in [6.45, 7) is 4.05. The maximum atomic E-state index is 12.3. The highest BCUT2D eigenvalue weighted by Crippen LogP contribution is 2.22. The number of carbonyl (C=O) groups is 1. The van der Waals surface area contributed by atoms with Gasteiger partial charge in [0.2, 0.25) is 0 Å². The van der Waals surface area contributed by atoms with Crippen LogP contribution in [0.4, 0.5) is 0 Å². The second-order valence-corrected chi connectivity index (χ2v) is 6.82. The van der Waals surface area contributed by atoms with E-state index in [2.05, 4.69) is 9.97 Å². The number of amides is 1. The number of benzene rings is 1. The molecule has 0 radical (unpaired) electrons. The Bertz CT molecular complexity index is 957. The fourth-order valence-corrected chi connectivity index (χ4v) is 3.31. The number of aryl methyl sites for hydroxylation is 2. The Morgan fingerprint density at radius 3 is 2.72 bits per heavy atom. The number of carbonyl (C=O) groups excluding carboxylic acids is 1. The maximum Gasteiger partial charge on any atom is 0.268 e. The lowest BCUT2D eigenvalue weighted by molar-refractivity contribution is -0.132. The molecular formula is C18H19N3O3S. The second-order valence-electron chi connectivity index (χ2n) is 5.91. The molecule has 3 rings (SSSR count). The Kier molecular flexibility index (Phi) is 4.85. The third-order valence-electron chi connectivity index (χ3n) is 3.93. The quantitative estimate of drug-likeness (QED) is 0.762. The van der Waals surface area contributed by atoms with Crippen LogP contribution in [-0.2, 0) is 11.3 Å². The third-order valence-corrected chi connectivity index (χ3v) is 4.83. The Morgan fingerprint density at radius 2 is 2.00 bits per heavy atom. The van der Waals surface area contributed by atoms with Gasteiger partial charge < -0.3 is 14.6 Å². The number of nitrogens with one attached hydrogen (secondary N) is 1. The first-order valence-corrected chi connectivity index (χ1v) is 8.73. The molecule has 0 bridgehead atoms. The van der Waals surface area contributed by atoms with Crippen molar-refractivity contribution in [1.29, 1.82) is 0 Å². The van der Waals surface area contributed by atoms with Gasteiger partial charge in [-0.2, -0.15) is 0 Å². The summed E-state index contributed by atoms with van der Waals surface area (Å²) in [5.74, 6) is 1.00. The SMILES string of the molecule is Cc1cccc(C)c1OCC(=O)N(C)Cc1nc2ccsc2c(=O)[nH]1. The molecule has 2 aromatic heterocycles. The average Bonchev–Trinajstić information content (AvgIpc) is 3.03.